The molecular formula is C12H20N2O. The molecule has 15 heavy (non-hydrogen) atoms. The summed E-state index contributed by atoms with van der Waals surface area (Å²) in [6, 6.07) is 0.504. The Morgan fingerprint density at radius 1 is 1.40 bits per heavy atom. The van der Waals surface area contributed by atoms with Crippen LogP contribution < -0.4 is 5.69 Å². The second-order valence-electron chi connectivity index (χ2n) is 4.95. The molecular weight excluding hydrogens is 188 g/mol. The largest absolute Gasteiger partial charge is 0.328 e. The van der Waals surface area contributed by atoms with Crippen LogP contribution >= 0.6 is 0 Å². The smallest absolute Gasteiger partial charge is 0.299 e. The van der Waals surface area contributed by atoms with Gasteiger partial charge in [-0.05, 0) is 31.6 Å². The third kappa shape index (κ3) is 2.52. The van der Waals surface area contributed by atoms with Gasteiger partial charge >= 0.3 is 5.69 Å². The summed E-state index contributed by atoms with van der Waals surface area (Å²) in [6.45, 7) is 5.31. The number of hydrogen-bond donors (Lipinski definition) is 0. The summed E-state index contributed by atoms with van der Waals surface area (Å²) in [5, 5.41) is 0. The van der Waals surface area contributed by atoms with Gasteiger partial charge in [0.15, 0.2) is 0 Å². The first-order valence-electron chi connectivity index (χ1n) is 5.95. The predicted octanol–water partition coefficient (Wildman–Crippen LogP) is 2.42. The predicted molar refractivity (Wildman–Crippen MR) is 61.0 cm³/mol. The summed E-state index contributed by atoms with van der Waals surface area (Å²) >= 11 is 0. The van der Waals surface area contributed by atoms with Crippen LogP contribution in [0.2, 0.25) is 0 Å². The van der Waals surface area contributed by atoms with Crippen molar-refractivity contribution in [3.63, 3.8) is 0 Å². The van der Waals surface area contributed by atoms with Crippen molar-refractivity contribution in [1.82, 2.24) is 9.13 Å². The summed E-state index contributed by atoms with van der Waals surface area (Å²) in [5.74, 6) is 0.728. The number of imidazole rings is 1. The van der Waals surface area contributed by atoms with Gasteiger partial charge in [0.1, 0.15) is 0 Å². The van der Waals surface area contributed by atoms with Gasteiger partial charge in [-0.15, -0.1) is 0 Å². The van der Waals surface area contributed by atoms with Gasteiger partial charge in [-0.3, -0.25) is 9.13 Å². The van der Waals surface area contributed by atoms with Gasteiger partial charge < -0.3 is 0 Å². The van der Waals surface area contributed by atoms with Crippen LogP contribution in [0, 0.1) is 5.92 Å². The highest BCUT2D eigenvalue weighted by atomic mass is 16.1. The van der Waals surface area contributed by atoms with Gasteiger partial charge in [-0.1, -0.05) is 13.8 Å². The Hall–Kier alpha value is -0.990. The highest BCUT2D eigenvalue weighted by molar-refractivity contribution is 4.91. The molecule has 1 saturated carbocycles. The van der Waals surface area contributed by atoms with E-state index in [-0.39, 0.29) is 5.69 Å². The molecule has 3 heteroatoms. The molecule has 0 aromatic carbocycles. The molecule has 0 unspecified atom stereocenters. The fourth-order valence-corrected chi connectivity index (χ4v) is 1.90. The van der Waals surface area contributed by atoms with Crippen molar-refractivity contribution in [2.24, 2.45) is 5.92 Å². The molecule has 1 aromatic rings. The summed E-state index contributed by atoms with van der Waals surface area (Å²) in [6.07, 6.45) is 8.52. The van der Waals surface area contributed by atoms with E-state index in [0.29, 0.717) is 6.04 Å². The van der Waals surface area contributed by atoms with Crippen LogP contribution in [0.4, 0.5) is 0 Å². The Morgan fingerprint density at radius 3 is 2.73 bits per heavy atom. The zero-order chi connectivity index (χ0) is 10.8. The molecule has 3 nitrogen and oxygen atoms in total. The lowest BCUT2D eigenvalue weighted by Crippen LogP contribution is -2.23. The van der Waals surface area contributed by atoms with E-state index >= 15 is 0 Å². The van der Waals surface area contributed by atoms with Gasteiger partial charge in [-0.25, -0.2) is 4.79 Å². The fraction of sp³-hybridized carbons (Fsp3) is 0.750. The molecule has 84 valence electrons. The molecule has 0 N–H and O–H groups in total. The lowest BCUT2D eigenvalue weighted by molar-refractivity contribution is 0.500. The van der Waals surface area contributed by atoms with Crippen molar-refractivity contribution in [2.45, 2.75) is 52.1 Å². The van der Waals surface area contributed by atoms with Crippen molar-refractivity contribution in [2.75, 3.05) is 0 Å². The van der Waals surface area contributed by atoms with Crippen LogP contribution in [0.15, 0.2) is 17.2 Å². The third-order valence-corrected chi connectivity index (χ3v) is 2.99. The molecule has 0 spiro atoms. The topological polar surface area (TPSA) is 26.9 Å². The zero-order valence-corrected chi connectivity index (χ0v) is 9.65. The van der Waals surface area contributed by atoms with Crippen molar-refractivity contribution >= 4 is 0 Å². The molecule has 2 rings (SSSR count). The van der Waals surface area contributed by atoms with E-state index in [1.807, 2.05) is 21.5 Å². The van der Waals surface area contributed by atoms with Crippen LogP contribution in [-0.2, 0) is 6.54 Å². The second-order valence-corrected chi connectivity index (χ2v) is 4.95. The van der Waals surface area contributed by atoms with Crippen LogP contribution in [0.25, 0.3) is 0 Å². The standard InChI is InChI=1S/C12H20N2O/c1-10(2)4-3-7-13-8-9-14(12(13)15)11-5-6-11/h8-11H,3-7H2,1-2H3. The maximum atomic E-state index is 11.9. The number of nitrogens with zero attached hydrogens (tertiary/aromatic N) is 2. The van der Waals surface area contributed by atoms with Crippen molar-refractivity contribution in [3.05, 3.63) is 22.9 Å². The fourth-order valence-electron chi connectivity index (χ4n) is 1.90. The molecule has 1 aliphatic rings. The molecule has 0 amide bonds. The normalized spacial score (nSPS) is 16.2. The summed E-state index contributed by atoms with van der Waals surface area (Å²) in [5.41, 5.74) is 0.182. The minimum atomic E-state index is 0.182. The van der Waals surface area contributed by atoms with Crippen molar-refractivity contribution in [1.29, 1.82) is 0 Å². The van der Waals surface area contributed by atoms with E-state index in [9.17, 15) is 4.79 Å². The van der Waals surface area contributed by atoms with E-state index in [1.54, 1.807) is 0 Å². The number of hydrogen-bond acceptors (Lipinski definition) is 1. The van der Waals surface area contributed by atoms with Crippen LogP contribution in [0.3, 0.4) is 0 Å². The lowest BCUT2D eigenvalue weighted by atomic mass is 10.1. The van der Waals surface area contributed by atoms with E-state index in [0.717, 1.165) is 18.9 Å². The number of rotatable bonds is 5. The third-order valence-electron chi connectivity index (χ3n) is 2.99. The molecule has 1 fully saturated rings. The zero-order valence-electron chi connectivity index (χ0n) is 9.65. The van der Waals surface area contributed by atoms with Gasteiger partial charge in [0.05, 0.1) is 0 Å². The van der Waals surface area contributed by atoms with Gasteiger partial charge in [0.2, 0.25) is 0 Å². The Bertz CT molecular complexity index is 371. The Morgan fingerprint density at radius 2 is 2.13 bits per heavy atom. The lowest BCUT2D eigenvalue weighted by Gasteiger charge is -2.04. The Kier molecular flexibility index (Phi) is 2.98. The number of aryl methyl sites for hydroxylation is 1. The molecule has 1 heterocycles. The van der Waals surface area contributed by atoms with Crippen LogP contribution in [0.1, 0.15) is 45.6 Å². The van der Waals surface area contributed by atoms with Gasteiger partial charge in [0.25, 0.3) is 0 Å². The Labute approximate surface area is 90.7 Å². The van der Waals surface area contributed by atoms with Crippen molar-refractivity contribution in [3.8, 4) is 0 Å². The first kappa shape index (κ1) is 10.5. The van der Waals surface area contributed by atoms with Crippen molar-refractivity contribution < 1.29 is 0 Å². The molecule has 1 aromatic heterocycles. The van der Waals surface area contributed by atoms with E-state index in [1.165, 1.54) is 19.3 Å². The van der Waals surface area contributed by atoms with E-state index < -0.39 is 0 Å². The first-order chi connectivity index (χ1) is 7.18. The SMILES string of the molecule is CC(C)CCCn1ccn(C2CC2)c1=O. The molecule has 0 bridgehead atoms. The Balaban J connectivity index is 1.94. The maximum Gasteiger partial charge on any atom is 0.328 e. The van der Waals surface area contributed by atoms with Crippen LogP contribution in [0.5, 0.6) is 0 Å². The van der Waals surface area contributed by atoms with Gasteiger partial charge in [0, 0.05) is 25.0 Å². The average Bonchev–Trinajstić information content (AvgIpc) is 2.94. The molecule has 0 saturated heterocycles. The molecule has 1 aliphatic carbocycles. The summed E-state index contributed by atoms with van der Waals surface area (Å²) in [4.78, 5) is 11.9. The van der Waals surface area contributed by atoms with E-state index in [2.05, 4.69) is 13.8 Å². The monoisotopic (exact) mass is 208 g/mol. The maximum absolute atomic E-state index is 11.9. The molecule has 0 radical (unpaired) electrons. The average molecular weight is 208 g/mol. The second kappa shape index (κ2) is 4.25. The molecule has 0 atom stereocenters. The highest BCUT2D eigenvalue weighted by Crippen LogP contribution is 2.33. The highest BCUT2D eigenvalue weighted by Gasteiger charge is 2.25. The summed E-state index contributed by atoms with van der Waals surface area (Å²) < 4.78 is 3.73. The number of aromatic nitrogens is 2. The van der Waals surface area contributed by atoms with Gasteiger partial charge in [-0.2, -0.15) is 0 Å². The quantitative estimate of drug-likeness (QED) is 0.730. The van der Waals surface area contributed by atoms with Crippen LogP contribution in [-0.4, -0.2) is 9.13 Å². The summed E-state index contributed by atoms with van der Waals surface area (Å²) in [7, 11) is 0. The minimum Gasteiger partial charge on any atom is -0.299 e. The molecule has 0 aliphatic heterocycles. The minimum absolute atomic E-state index is 0.182. The first-order valence-corrected chi connectivity index (χ1v) is 5.95. The van der Waals surface area contributed by atoms with E-state index in [4.69, 9.17) is 0 Å².